The molecule has 1 aliphatic heterocycles. The van der Waals surface area contributed by atoms with E-state index >= 15 is 0 Å². The van der Waals surface area contributed by atoms with E-state index in [9.17, 15) is 10.2 Å². The first-order valence-corrected chi connectivity index (χ1v) is 8.50. The number of rotatable bonds is 7. The van der Waals surface area contributed by atoms with Gasteiger partial charge >= 0.3 is 0 Å². The Morgan fingerprint density at radius 1 is 1.08 bits per heavy atom. The molecule has 2 atom stereocenters. The van der Waals surface area contributed by atoms with Crippen molar-refractivity contribution in [2.24, 2.45) is 0 Å². The van der Waals surface area contributed by atoms with Gasteiger partial charge in [-0.25, -0.2) is 0 Å². The van der Waals surface area contributed by atoms with Crippen LogP contribution >= 0.6 is 0 Å². The predicted octanol–water partition coefficient (Wildman–Crippen LogP) is 2.16. The highest BCUT2D eigenvalue weighted by Gasteiger charge is 2.27. The van der Waals surface area contributed by atoms with Crippen molar-refractivity contribution in [1.29, 1.82) is 0 Å². The monoisotopic (exact) mass is 327 g/mol. The Balaban J connectivity index is 1.51. The van der Waals surface area contributed by atoms with Gasteiger partial charge in [0, 0.05) is 13.1 Å². The molecule has 2 aromatic rings. The number of hydrogen-bond donors (Lipinski definition) is 2. The molecule has 2 unspecified atom stereocenters. The van der Waals surface area contributed by atoms with Gasteiger partial charge in [-0.15, -0.1) is 0 Å². The summed E-state index contributed by atoms with van der Waals surface area (Å²) in [5.74, 6) is 0. The predicted molar refractivity (Wildman–Crippen MR) is 93.7 cm³/mol. The Hall–Kier alpha value is -1.72. The number of nitrogens with zero attached hydrogens (tertiary/aromatic N) is 1. The Labute approximate surface area is 143 Å². The molecule has 2 N–H and O–H groups in total. The number of aliphatic hydroxyl groups is 2. The first-order chi connectivity index (χ1) is 11.8. The number of fused-ring (bicyclic) bond motifs is 1. The highest BCUT2D eigenvalue weighted by molar-refractivity contribution is 5.32. The average Bonchev–Trinajstić information content (AvgIpc) is 2.62. The van der Waals surface area contributed by atoms with Gasteiger partial charge in [0.25, 0.3) is 0 Å². The summed E-state index contributed by atoms with van der Waals surface area (Å²) in [6.07, 6.45) is 0.387. The lowest BCUT2D eigenvalue weighted by Crippen LogP contribution is -2.42. The van der Waals surface area contributed by atoms with Gasteiger partial charge in [-0.3, -0.25) is 4.90 Å². The molecule has 3 rings (SSSR count). The smallest absolute Gasteiger partial charge is 0.0900 e. The standard InChI is InChI=1S/C20H25NO3/c22-13-20-19-9-5-4-8-17(19)10-11-21(20)12-18(23)15-24-14-16-6-2-1-3-7-16/h1-9,18,20,22-23H,10-15H2. The summed E-state index contributed by atoms with van der Waals surface area (Å²) in [6, 6.07) is 18.1. The van der Waals surface area contributed by atoms with Crippen molar-refractivity contribution in [2.45, 2.75) is 25.2 Å². The van der Waals surface area contributed by atoms with Crippen LogP contribution in [0, 0.1) is 0 Å². The summed E-state index contributed by atoms with van der Waals surface area (Å²) in [4.78, 5) is 2.15. The zero-order valence-corrected chi connectivity index (χ0v) is 13.8. The highest BCUT2D eigenvalue weighted by Crippen LogP contribution is 2.29. The molecule has 0 saturated carbocycles. The average molecular weight is 327 g/mol. The second-order valence-electron chi connectivity index (χ2n) is 6.30. The Kier molecular flexibility index (Phi) is 5.99. The fraction of sp³-hybridized carbons (Fsp3) is 0.400. The minimum Gasteiger partial charge on any atom is -0.394 e. The van der Waals surface area contributed by atoms with Crippen molar-refractivity contribution < 1.29 is 14.9 Å². The maximum Gasteiger partial charge on any atom is 0.0900 e. The van der Waals surface area contributed by atoms with E-state index < -0.39 is 6.10 Å². The van der Waals surface area contributed by atoms with Crippen molar-refractivity contribution in [3.8, 4) is 0 Å². The topological polar surface area (TPSA) is 52.9 Å². The molecule has 2 aromatic carbocycles. The van der Waals surface area contributed by atoms with Crippen LogP contribution < -0.4 is 0 Å². The lowest BCUT2D eigenvalue weighted by atomic mass is 9.93. The van der Waals surface area contributed by atoms with Crippen LogP contribution in [0.1, 0.15) is 22.7 Å². The molecule has 0 aliphatic carbocycles. The Bertz CT molecular complexity index is 632. The molecule has 0 saturated heterocycles. The van der Waals surface area contributed by atoms with E-state index in [4.69, 9.17) is 4.74 Å². The van der Waals surface area contributed by atoms with Crippen molar-refractivity contribution in [3.05, 3.63) is 71.3 Å². The van der Waals surface area contributed by atoms with Crippen LogP contribution in [0.4, 0.5) is 0 Å². The summed E-state index contributed by atoms with van der Waals surface area (Å²) < 4.78 is 5.62. The molecule has 1 heterocycles. The fourth-order valence-electron chi connectivity index (χ4n) is 3.35. The van der Waals surface area contributed by atoms with Gasteiger partial charge in [0.2, 0.25) is 0 Å². The molecule has 4 nitrogen and oxygen atoms in total. The third-order valence-corrected chi connectivity index (χ3v) is 4.56. The molecular weight excluding hydrogens is 302 g/mol. The zero-order valence-electron chi connectivity index (χ0n) is 13.8. The molecule has 24 heavy (non-hydrogen) atoms. The van der Waals surface area contributed by atoms with Crippen LogP contribution in [-0.2, 0) is 17.8 Å². The van der Waals surface area contributed by atoms with Crippen molar-refractivity contribution in [2.75, 3.05) is 26.3 Å². The largest absolute Gasteiger partial charge is 0.394 e. The van der Waals surface area contributed by atoms with Crippen LogP contribution in [-0.4, -0.2) is 47.5 Å². The number of benzene rings is 2. The summed E-state index contributed by atoms with van der Waals surface area (Å²) in [5, 5.41) is 20.1. The van der Waals surface area contributed by atoms with E-state index in [0.29, 0.717) is 19.8 Å². The summed E-state index contributed by atoms with van der Waals surface area (Å²) in [7, 11) is 0. The SMILES string of the molecule is OCC1c2ccccc2CCN1CC(O)COCc1ccccc1. The van der Waals surface area contributed by atoms with Gasteiger partial charge < -0.3 is 14.9 Å². The van der Waals surface area contributed by atoms with Crippen LogP contribution in [0.3, 0.4) is 0 Å². The summed E-state index contributed by atoms with van der Waals surface area (Å²) >= 11 is 0. The molecular formula is C20H25NO3. The molecule has 0 aromatic heterocycles. The third-order valence-electron chi connectivity index (χ3n) is 4.56. The van der Waals surface area contributed by atoms with E-state index in [0.717, 1.165) is 18.5 Å². The van der Waals surface area contributed by atoms with Gasteiger partial charge in [0.05, 0.1) is 32.0 Å². The normalized spacial score (nSPS) is 19.0. The van der Waals surface area contributed by atoms with Gasteiger partial charge in [0.1, 0.15) is 0 Å². The Morgan fingerprint density at radius 3 is 2.62 bits per heavy atom. The second-order valence-corrected chi connectivity index (χ2v) is 6.30. The van der Waals surface area contributed by atoms with E-state index in [-0.39, 0.29) is 12.6 Å². The number of aliphatic hydroxyl groups excluding tert-OH is 2. The van der Waals surface area contributed by atoms with Crippen LogP contribution in [0.2, 0.25) is 0 Å². The van der Waals surface area contributed by atoms with Crippen molar-refractivity contribution in [1.82, 2.24) is 4.90 Å². The summed E-state index contributed by atoms with van der Waals surface area (Å²) in [6.45, 7) is 2.22. The van der Waals surface area contributed by atoms with E-state index in [1.165, 1.54) is 11.1 Å². The molecule has 4 heteroatoms. The maximum atomic E-state index is 10.3. The quantitative estimate of drug-likeness (QED) is 0.818. The molecule has 0 amide bonds. The van der Waals surface area contributed by atoms with E-state index in [2.05, 4.69) is 17.0 Å². The van der Waals surface area contributed by atoms with Crippen LogP contribution in [0.25, 0.3) is 0 Å². The molecule has 128 valence electrons. The summed E-state index contributed by atoms with van der Waals surface area (Å²) in [5.41, 5.74) is 3.57. The van der Waals surface area contributed by atoms with E-state index in [1.54, 1.807) is 0 Å². The van der Waals surface area contributed by atoms with Gasteiger partial charge in [-0.1, -0.05) is 54.6 Å². The highest BCUT2D eigenvalue weighted by atomic mass is 16.5. The molecule has 0 radical (unpaired) electrons. The van der Waals surface area contributed by atoms with Crippen molar-refractivity contribution in [3.63, 3.8) is 0 Å². The molecule has 0 spiro atoms. The zero-order chi connectivity index (χ0) is 16.8. The first kappa shape index (κ1) is 17.1. The molecule has 0 bridgehead atoms. The van der Waals surface area contributed by atoms with Gasteiger partial charge in [0.15, 0.2) is 0 Å². The number of hydrogen-bond acceptors (Lipinski definition) is 4. The Morgan fingerprint density at radius 2 is 1.83 bits per heavy atom. The number of β-amino-alcohol motifs (C(OH)–C–C–N with tert-alkyl or cyclic N) is 1. The third kappa shape index (κ3) is 4.22. The van der Waals surface area contributed by atoms with E-state index in [1.807, 2.05) is 42.5 Å². The molecule has 1 aliphatic rings. The van der Waals surface area contributed by atoms with Gasteiger partial charge in [-0.05, 0) is 23.1 Å². The molecule has 0 fully saturated rings. The minimum absolute atomic E-state index is 0.0428. The van der Waals surface area contributed by atoms with Crippen LogP contribution in [0.5, 0.6) is 0 Å². The number of ether oxygens (including phenoxy) is 1. The van der Waals surface area contributed by atoms with Gasteiger partial charge in [-0.2, -0.15) is 0 Å². The first-order valence-electron chi connectivity index (χ1n) is 8.50. The van der Waals surface area contributed by atoms with Crippen molar-refractivity contribution >= 4 is 0 Å². The lowest BCUT2D eigenvalue weighted by molar-refractivity contribution is -0.00567. The second kappa shape index (κ2) is 8.40. The maximum absolute atomic E-state index is 10.3. The van der Waals surface area contributed by atoms with Crippen LogP contribution in [0.15, 0.2) is 54.6 Å². The minimum atomic E-state index is -0.562. The lowest BCUT2D eigenvalue weighted by Gasteiger charge is -2.37. The fourth-order valence-corrected chi connectivity index (χ4v) is 3.35.